The molecule has 0 spiro atoms. The van der Waals surface area contributed by atoms with Gasteiger partial charge in [-0.3, -0.25) is 4.79 Å². The third-order valence-electron chi connectivity index (χ3n) is 3.77. The molecule has 130 valence electrons. The Morgan fingerprint density at radius 3 is 2.88 bits per heavy atom. The average molecular weight is 406 g/mol. The number of carbonyl (C=O) groups is 1. The van der Waals surface area contributed by atoms with Crippen LogP contribution in [0, 0.1) is 5.82 Å². The number of furan rings is 1. The quantitative estimate of drug-likeness (QED) is 0.632. The van der Waals surface area contributed by atoms with E-state index in [1.54, 1.807) is 0 Å². The van der Waals surface area contributed by atoms with Crippen LogP contribution < -0.4 is 10.1 Å². The van der Waals surface area contributed by atoms with Crippen molar-refractivity contribution in [2.75, 3.05) is 6.61 Å². The fourth-order valence-electron chi connectivity index (χ4n) is 2.56. The molecule has 0 saturated heterocycles. The van der Waals surface area contributed by atoms with Crippen LogP contribution in [0.1, 0.15) is 36.0 Å². The number of para-hydroxylation sites is 1. The van der Waals surface area contributed by atoms with Crippen molar-refractivity contribution in [1.29, 1.82) is 0 Å². The molecular formula is C19H17BrFNO3. The van der Waals surface area contributed by atoms with Crippen LogP contribution in [-0.4, -0.2) is 12.5 Å². The van der Waals surface area contributed by atoms with Crippen molar-refractivity contribution in [3.8, 4) is 5.75 Å². The van der Waals surface area contributed by atoms with Crippen LogP contribution in [0.5, 0.6) is 5.75 Å². The maximum Gasteiger partial charge on any atom is 0.253 e. The molecule has 2 aromatic carbocycles. The minimum Gasteiger partial charge on any atom is -0.490 e. The number of benzene rings is 2. The fraction of sp³-hybridized carbons (Fsp3) is 0.211. The van der Waals surface area contributed by atoms with E-state index in [2.05, 4.69) is 21.2 Å². The van der Waals surface area contributed by atoms with Gasteiger partial charge in [-0.05, 0) is 60.1 Å². The molecule has 4 nitrogen and oxygen atoms in total. The summed E-state index contributed by atoms with van der Waals surface area (Å²) in [5, 5.41) is 3.72. The summed E-state index contributed by atoms with van der Waals surface area (Å²) in [6.07, 6.45) is 0. The van der Waals surface area contributed by atoms with Gasteiger partial charge in [0.2, 0.25) is 0 Å². The van der Waals surface area contributed by atoms with Gasteiger partial charge in [0.15, 0.2) is 11.3 Å². The number of halogens is 2. The van der Waals surface area contributed by atoms with Gasteiger partial charge < -0.3 is 14.5 Å². The average Bonchev–Trinajstić information content (AvgIpc) is 3.02. The second-order valence-electron chi connectivity index (χ2n) is 5.58. The Bertz CT molecular complexity index is 922. The second-order valence-corrected chi connectivity index (χ2v) is 6.43. The third-order valence-corrected chi connectivity index (χ3v) is 4.47. The van der Waals surface area contributed by atoms with Crippen molar-refractivity contribution in [2.45, 2.75) is 19.9 Å². The maximum absolute atomic E-state index is 13.4. The van der Waals surface area contributed by atoms with E-state index in [9.17, 15) is 9.18 Å². The molecule has 1 N–H and O–H groups in total. The van der Waals surface area contributed by atoms with Gasteiger partial charge in [-0.1, -0.05) is 12.1 Å². The molecule has 3 rings (SSSR count). The molecule has 6 heteroatoms. The van der Waals surface area contributed by atoms with Crippen molar-refractivity contribution in [1.82, 2.24) is 5.32 Å². The van der Waals surface area contributed by atoms with Gasteiger partial charge in [-0.2, -0.15) is 0 Å². The largest absolute Gasteiger partial charge is 0.490 e. The van der Waals surface area contributed by atoms with Gasteiger partial charge in [-0.25, -0.2) is 4.39 Å². The lowest BCUT2D eigenvalue weighted by Gasteiger charge is -2.12. The molecule has 0 radical (unpaired) electrons. The SMILES string of the molecule is CCOc1cccc2cc(C(C)NC(=O)c3cc(F)ccc3Br)oc12. The predicted octanol–water partition coefficient (Wildman–Crippen LogP) is 5.22. The first-order valence-corrected chi connectivity index (χ1v) is 8.70. The Labute approximate surface area is 153 Å². The highest BCUT2D eigenvalue weighted by atomic mass is 79.9. The summed E-state index contributed by atoms with van der Waals surface area (Å²) in [5.41, 5.74) is 0.880. The van der Waals surface area contributed by atoms with Gasteiger partial charge in [0.1, 0.15) is 11.6 Å². The van der Waals surface area contributed by atoms with Gasteiger partial charge >= 0.3 is 0 Å². The zero-order valence-electron chi connectivity index (χ0n) is 13.8. The minimum atomic E-state index is -0.467. The number of fused-ring (bicyclic) bond motifs is 1. The van der Waals surface area contributed by atoms with Crippen LogP contribution in [0.4, 0.5) is 4.39 Å². The molecule has 0 bridgehead atoms. The van der Waals surface area contributed by atoms with E-state index in [1.807, 2.05) is 38.1 Å². The van der Waals surface area contributed by atoms with Crippen molar-refractivity contribution in [3.63, 3.8) is 0 Å². The molecule has 1 heterocycles. The molecular weight excluding hydrogens is 389 g/mol. The number of nitrogens with one attached hydrogen (secondary N) is 1. The lowest BCUT2D eigenvalue weighted by Crippen LogP contribution is -2.26. The summed E-state index contributed by atoms with van der Waals surface area (Å²) in [6, 6.07) is 11.1. The van der Waals surface area contributed by atoms with Crippen LogP contribution in [0.2, 0.25) is 0 Å². The second kappa shape index (κ2) is 7.27. The molecule has 0 fully saturated rings. The van der Waals surface area contributed by atoms with Gasteiger partial charge in [0.05, 0.1) is 18.2 Å². The Balaban J connectivity index is 1.84. The van der Waals surface area contributed by atoms with E-state index >= 15 is 0 Å². The van der Waals surface area contributed by atoms with Crippen LogP contribution in [-0.2, 0) is 0 Å². The molecule has 25 heavy (non-hydrogen) atoms. The summed E-state index contributed by atoms with van der Waals surface area (Å²) in [6.45, 7) is 4.25. The number of hydrogen-bond donors (Lipinski definition) is 1. The molecule has 0 aliphatic heterocycles. The summed E-state index contributed by atoms with van der Waals surface area (Å²) in [5.74, 6) is 0.413. The zero-order chi connectivity index (χ0) is 18.0. The Kier molecular flexibility index (Phi) is 5.08. The molecule has 1 atom stereocenters. The van der Waals surface area contributed by atoms with Crippen molar-refractivity contribution < 1.29 is 18.3 Å². The molecule has 1 aromatic heterocycles. The first-order chi connectivity index (χ1) is 12.0. The number of hydrogen-bond acceptors (Lipinski definition) is 3. The summed E-state index contributed by atoms with van der Waals surface area (Å²) >= 11 is 3.26. The summed E-state index contributed by atoms with van der Waals surface area (Å²) in [7, 11) is 0. The first-order valence-electron chi connectivity index (χ1n) is 7.90. The topological polar surface area (TPSA) is 51.5 Å². The van der Waals surface area contributed by atoms with Gasteiger partial charge in [0, 0.05) is 9.86 Å². The van der Waals surface area contributed by atoms with Crippen LogP contribution in [0.25, 0.3) is 11.0 Å². The molecule has 3 aromatic rings. The monoisotopic (exact) mass is 405 g/mol. The zero-order valence-corrected chi connectivity index (χ0v) is 15.4. The standard InChI is InChI=1S/C19H17BrFNO3/c1-3-24-16-6-4-5-12-9-17(25-18(12)16)11(2)22-19(23)14-10-13(21)7-8-15(14)20/h4-11H,3H2,1-2H3,(H,22,23). The lowest BCUT2D eigenvalue weighted by atomic mass is 10.1. The molecule has 1 amide bonds. The molecule has 0 aliphatic carbocycles. The van der Waals surface area contributed by atoms with Gasteiger partial charge in [-0.15, -0.1) is 0 Å². The predicted molar refractivity (Wildman–Crippen MR) is 97.4 cm³/mol. The van der Waals surface area contributed by atoms with Crippen molar-refractivity contribution in [3.05, 3.63) is 64.1 Å². The third kappa shape index (κ3) is 3.69. The Hall–Kier alpha value is -2.34. The van der Waals surface area contributed by atoms with E-state index < -0.39 is 5.82 Å². The van der Waals surface area contributed by atoms with Gasteiger partial charge in [0.25, 0.3) is 5.91 Å². The van der Waals surface area contributed by atoms with E-state index in [4.69, 9.17) is 9.15 Å². The van der Waals surface area contributed by atoms with E-state index in [-0.39, 0.29) is 17.5 Å². The number of rotatable bonds is 5. The van der Waals surface area contributed by atoms with E-state index in [0.29, 0.717) is 28.2 Å². The minimum absolute atomic E-state index is 0.234. The highest BCUT2D eigenvalue weighted by molar-refractivity contribution is 9.10. The van der Waals surface area contributed by atoms with Crippen molar-refractivity contribution >= 4 is 32.8 Å². The normalized spacial score (nSPS) is 12.2. The highest BCUT2D eigenvalue weighted by Gasteiger charge is 2.18. The summed E-state index contributed by atoms with van der Waals surface area (Å²) < 4.78 is 25.4. The van der Waals surface area contributed by atoms with E-state index in [0.717, 1.165) is 5.39 Å². The number of ether oxygens (including phenoxy) is 1. The fourth-order valence-corrected chi connectivity index (χ4v) is 2.98. The van der Waals surface area contributed by atoms with Crippen LogP contribution in [0.3, 0.4) is 0 Å². The smallest absolute Gasteiger partial charge is 0.253 e. The molecule has 0 aliphatic rings. The van der Waals surface area contributed by atoms with Crippen LogP contribution >= 0.6 is 15.9 Å². The number of amides is 1. The highest BCUT2D eigenvalue weighted by Crippen LogP contribution is 2.31. The molecule has 0 saturated carbocycles. The van der Waals surface area contributed by atoms with Crippen molar-refractivity contribution in [2.24, 2.45) is 0 Å². The molecule has 1 unspecified atom stereocenters. The maximum atomic E-state index is 13.4. The van der Waals surface area contributed by atoms with Crippen LogP contribution in [0.15, 0.2) is 51.4 Å². The van der Waals surface area contributed by atoms with E-state index in [1.165, 1.54) is 18.2 Å². The Morgan fingerprint density at radius 2 is 2.12 bits per heavy atom. The summed E-state index contributed by atoms with van der Waals surface area (Å²) in [4.78, 5) is 12.4. The Morgan fingerprint density at radius 1 is 1.32 bits per heavy atom. The first kappa shape index (κ1) is 17.5. The number of carbonyl (C=O) groups excluding carboxylic acids is 1. The lowest BCUT2D eigenvalue weighted by molar-refractivity contribution is 0.0934.